The van der Waals surface area contributed by atoms with Gasteiger partial charge in [0.15, 0.2) is 5.71 Å². The summed E-state index contributed by atoms with van der Waals surface area (Å²) in [6.07, 6.45) is 11.6. The maximum atomic E-state index is 13.2. The Labute approximate surface area is 249 Å². The van der Waals surface area contributed by atoms with Crippen LogP contribution in [0.1, 0.15) is 78.3 Å². The number of carbonyl (C=O) groups excluding carboxylic acids is 1. The van der Waals surface area contributed by atoms with Crippen LogP contribution < -0.4 is 10.1 Å². The third-order valence-corrected chi connectivity index (χ3v) is 12.5. The van der Waals surface area contributed by atoms with Gasteiger partial charge in [0.2, 0.25) is 0 Å². The molecule has 3 heterocycles. The molecular formula is C35H41N2O4Si+. The van der Waals surface area contributed by atoms with Gasteiger partial charge in [0.25, 0.3) is 0 Å². The molecule has 3 aliphatic heterocycles. The number of anilines is 1. The highest BCUT2D eigenvalue weighted by Gasteiger charge is 2.41. The largest absolute Gasteiger partial charge is 0.478 e. The van der Waals surface area contributed by atoms with Gasteiger partial charge in [-0.05, 0) is 103 Å². The summed E-state index contributed by atoms with van der Waals surface area (Å²) in [6.45, 7) is 14.6. The molecule has 42 heavy (non-hydrogen) atoms. The number of nitrogens with zero attached hydrogens (tertiary/aromatic N) is 2. The summed E-state index contributed by atoms with van der Waals surface area (Å²) in [5, 5.41) is 13.0. The summed E-state index contributed by atoms with van der Waals surface area (Å²) in [5.74, 6) is -1.47. The van der Waals surface area contributed by atoms with Gasteiger partial charge < -0.3 is 14.7 Å². The molecule has 2 fully saturated rings. The van der Waals surface area contributed by atoms with Crippen molar-refractivity contribution in [2.75, 3.05) is 31.1 Å². The van der Waals surface area contributed by atoms with E-state index in [1.807, 2.05) is 20.8 Å². The average Bonchev–Trinajstić information content (AvgIpc) is 3.67. The molecule has 4 aliphatic rings. The van der Waals surface area contributed by atoms with E-state index in [9.17, 15) is 14.7 Å². The van der Waals surface area contributed by atoms with Crippen LogP contribution in [-0.2, 0) is 4.74 Å². The maximum absolute atomic E-state index is 13.2. The van der Waals surface area contributed by atoms with Crippen molar-refractivity contribution in [1.29, 1.82) is 0 Å². The number of ether oxygens (including phenoxy) is 1. The quantitative estimate of drug-likeness (QED) is 0.274. The second-order valence-corrected chi connectivity index (χ2v) is 17.7. The standard InChI is InChI=1S/C35H40N2O4Si/c1-35(2,3)41-34(40)23-10-13-26(33(38)39)29(20-23)32-27-14-11-24(36-16-6-7-17-36)21-30(27)42(4,5)31-22-25(12-15-28(31)32)37-18-8-9-19-37/h10-15,20-22H,6-9,16-19H2,1-5H3/p+1. The molecule has 1 aliphatic carbocycles. The van der Waals surface area contributed by atoms with Gasteiger partial charge in [-0.15, -0.1) is 0 Å². The van der Waals surface area contributed by atoms with Crippen molar-refractivity contribution in [2.24, 2.45) is 0 Å². The van der Waals surface area contributed by atoms with Gasteiger partial charge in [-0.3, -0.25) is 0 Å². The highest BCUT2D eigenvalue weighted by Crippen LogP contribution is 2.43. The van der Waals surface area contributed by atoms with Crippen LogP contribution in [0.15, 0.2) is 65.4 Å². The number of allylic oxidation sites excluding steroid dienone is 5. The van der Waals surface area contributed by atoms with E-state index >= 15 is 0 Å². The lowest BCUT2D eigenvalue weighted by atomic mass is 9.86. The zero-order chi connectivity index (χ0) is 29.8. The second-order valence-electron chi connectivity index (χ2n) is 13.4. The predicted octanol–water partition coefficient (Wildman–Crippen LogP) is 5.95. The molecule has 6 nitrogen and oxygen atoms in total. The van der Waals surface area contributed by atoms with Crippen molar-refractivity contribution < 1.29 is 24.0 Å². The molecule has 2 aromatic rings. The molecule has 2 aromatic carbocycles. The third kappa shape index (κ3) is 5.08. The molecule has 2 saturated heterocycles. The first-order chi connectivity index (χ1) is 19.9. The zero-order valence-corrected chi connectivity index (χ0v) is 26.4. The van der Waals surface area contributed by atoms with Crippen molar-refractivity contribution in [3.63, 3.8) is 0 Å². The van der Waals surface area contributed by atoms with Crippen molar-refractivity contribution in [1.82, 2.24) is 0 Å². The number of hydrogen-bond acceptors (Lipinski definition) is 4. The minimum atomic E-state index is -2.20. The molecule has 6 rings (SSSR count). The summed E-state index contributed by atoms with van der Waals surface area (Å²) in [7, 11) is -2.20. The minimum Gasteiger partial charge on any atom is -0.478 e. The van der Waals surface area contributed by atoms with Crippen molar-refractivity contribution >= 4 is 42.2 Å². The summed E-state index contributed by atoms with van der Waals surface area (Å²) < 4.78 is 8.15. The first-order valence-electron chi connectivity index (χ1n) is 15.2. The summed E-state index contributed by atoms with van der Waals surface area (Å²) >= 11 is 0. The number of hydrogen-bond donors (Lipinski definition) is 1. The fourth-order valence-electron chi connectivity index (χ4n) is 6.86. The first-order valence-corrected chi connectivity index (χ1v) is 18.2. The number of esters is 1. The van der Waals surface area contributed by atoms with E-state index in [2.05, 4.69) is 59.0 Å². The highest BCUT2D eigenvalue weighted by molar-refractivity contribution is 6.98. The van der Waals surface area contributed by atoms with Crippen LogP contribution in [0.5, 0.6) is 0 Å². The molecule has 0 unspecified atom stereocenters. The van der Waals surface area contributed by atoms with Crippen LogP contribution in [0.2, 0.25) is 13.1 Å². The Morgan fingerprint density at radius 2 is 1.64 bits per heavy atom. The predicted molar refractivity (Wildman–Crippen MR) is 171 cm³/mol. The second kappa shape index (κ2) is 10.5. The lowest BCUT2D eigenvalue weighted by Crippen LogP contribution is -2.50. The van der Waals surface area contributed by atoms with Crippen molar-refractivity contribution in [3.8, 4) is 0 Å². The number of benzene rings is 2. The summed E-state index contributed by atoms with van der Waals surface area (Å²) in [6, 6.07) is 11.6. The Balaban J connectivity index is 1.61. The number of carbonyl (C=O) groups is 2. The average molecular weight is 582 g/mol. The van der Waals surface area contributed by atoms with E-state index < -0.39 is 25.6 Å². The van der Waals surface area contributed by atoms with E-state index in [1.54, 1.807) is 18.2 Å². The Bertz CT molecular complexity index is 1610. The van der Waals surface area contributed by atoms with Crippen molar-refractivity contribution in [2.45, 2.75) is 65.1 Å². The lowest BCUT2D eigenvalue weighted by Gasteiger charge is -2.38. The Hall–Kier alpha value is -3.71. The molecule has 7 heteroatoms. The summed E-state index contributed by atoms with van der Waals surface area (Å²) in [4.78, 5) is 28.3. The molecule has 0 atom stereocenters. The smallest absolute Gasteiger partial charge is 0.338 e. The minimum absolute atomic E-state index is 0.183. The Kier molecular flexibility index (Phi) is 7.12. The van der Waals surface area contributed by atoms with Gasteiger partial charge in [-0.25, -0.2) is 14.2 Å². The van der Waals surface area contributed by atoms with Gasteiger partial charge >= 0.3 is 11.9 Å². The van der Waals surface area contributed by atoms with Crippen LogP contribution in [0, 0.1) is 0 Å². The van der Waals surface area contributed by atoms with E-state index in [-0.39, 0.29) is 5.56 Å². The fourth-order valence-corrected chi connectivity index (χ4v) is 9.93. The molecule has 0 radical (unpaired) electrons. The fraction of sp³-hybridized carbons (Fsp3) is 0.400. The van der Waals surface area contributed by atoms with E-state index in [0.29, 0.717) is 11.1 Å². The first kappa shape index (κ1) is 28.4. The van der Waals surface area contributed by atoms with Gasteiger partial charge in [0.1, 0.15) is 26.8 Å². The number of carboxylic acid groups (broad SMARTS) is 1. The molecule has 1 N–H and O–H groups in total. The molecule has 0 saturated carbocycles. The topological polar surface area (TPSA) is 69.9 Å². The molecule has 0 amide bonds. The van der Waals surface area contributed by atoms with Gasteiger partial charge in [-0.1, -0.05) is 19.2 Å². The zero-order valence-electron chi connectivity index (χ0n) is 25.4. The normalized spacial score (nSPS) is 19.5. The number of rotatable bonds is 4. The Morgan fingerprint density at radius 1 is 0.929 bits per heavy atom. The molecular weight excluding hydrogens is 540 g/mol. The van der Waals surface area contributed by atoms with E-state index in [1.165, 1.54) is 47.5 Å². The Morgan fingerprint density at radius 3 is 2.31 bits per heavy atom. The number of fused-ring (bicyclic) bond motifs is 2. The van der Waals surface area contributed by atoms with Gasteiger partial charge in [-0.2, -0.15) is 0 Å². The lowest BCUT2D eigenvalue weighted by molar-refractivity contribution is -0.504. The van der Waals surface area contributed by atoms with Crippen LogP contribution >= 0.6 is 0 Å². The van der Waals surface area contributed by atoms with Gasteiger partial charge in [0.05, 0.1) is 11.1 Å². The van der Waals surface area contributed by atoms with Crippen LogP contribution in [-0.4, -0.2) is 67.2 Å². The SMILES string of the molecule is CC(C)(C)OC(=O)c1ccc(C(=O)O)c(C2=C3C=CC(=[N+]4CCCC4)C=C3[Si](C)(C)c3cc(N4CCCC4)ccc32)c1. The number of carboxylic acids is 1. The maximum Gasteiger partial charge on any atom is 0.338 e. The van der Waals surface area contributed by atoms with Crippen LogP contribution in [0.4, 0.5) is 5.69 Å². The molecule has 0 aromatic heterocycles. The summed E-state index contributed by atoms with van der Waals surface area (Å²) in [5.41, 5.74) is 5.94. The molecule has 0 bridgehead atoms. The molecule has 218 valence electrons. The van der Waals surface area contributed by atoms with E-state index in [4.69, 9.17) is 4.74 Å². The van der Waals surface area contributed by atoms with Crippen LogP contribution in [0.3, 0.4) is 0 Å². The monoisotopic (exact) mass is 581 g/mol. The molecule has 0 spiro atoms. The third-order valence-electron chi connectivity index (χ3n) is 8.99. The van der Waals surface area contributed by atoms with E-state index in [0.717, 1.165) is 42.9 Å². The number of aromatic carboxylic acids is 1. The highest BCUT2D eigenvalue weighted by atomic mass is 28.3. The van der Waals surface area contributed by atoms with Gasteiger partial charge in [0, 0.05) is 43.8 Å². The van der Waals surface area contributed by atoms with Crippen molar-refractivity contribution in [3.05, 3.63) is 87.6 Å². The van der Waals surface area contributed by atoms with Crippen LogP contribution in [0.25, 0.3) is 5.57 Å².